The molecule has 0 aromatic carbocycles. The predicted octanol–water partition coefficient (Wildman–Crippen LogP) is -0.157. The molecule has 0 spiro atoms. The van der Waals surface area contributed by atoms with Gasteiger partial charge in [-0.3, -0.25) is 9.69 Å². The van der Waals surface area contributed by atoms with Crippen LogP contribution in [0, 0.1) is 5.92 Å². The van der Waals surface area contributed by atoms with Crippen LogP contribution in [-0.4, -0.2) is 68.7 Å². The number of nitrogens with zero attached hydrogens (tertiary/aromatic N) is 1. The van der Waals surface area contributed by atoms with Gasteiger partial charge in [0, 0.05) is 12.3 Å². The highest BCUT2D eigenvalue weighted by molar-refractivity contribution is 7.90. The Bertz CT molecular complexity index is 381. The molecule has 1 aliphatic rings. The lowest BCUT2D eigenvalue weighted by Crippen LogP contribution is -2.43. The van der Waals surface area contributed by atoms with Crippen LogP contribution >= 0.6 is 0 Å². The van der Waals surface area contributed by atoms with Gasteiger partial charge in [0.25, 0.3) is 0 Å². The van der Waals surface area contributed by atoms with Crippen LogP contribution in [0.1, 0.15) is 13.3 Å². The maximum Gasteiger partial charge on any atom is 0.310 e. The molecule has 1 fully saturated rings. The van der Waals surface area contributed by atoms with Crippen molar-refractivity contribution in [1.82, 2.24) is 4.90 Å². The van der Waals surface area contributed by atoms with Gasteiger partial charge in [-0.1, -0.05) is 6.92 Å². The number of sulfone groups is 1. The zero-order valence-corrected chi connectivity index (χ0v) is 11.6. The first-order valence-corrected chi connectivity index (χ1v) is 8.13. The Kier molecular flexibility index (Phi) is 5.55. The van der Waals surface area contributed by atoms with E-state index >= 15 is 0 Å². The number of carboxylic acid groups (broad SMARTS) is 1. The lowest BCUT2D eigenvalue weighted by atomic mass is 10.0. The lowest BCUT2D eigenvalue weighted by molar-refractivity contribution is -0.143. The molecule has 7 heteroatoms. The number of aliphatic carboxylic acids is 1. The Balaban J connectivity index is 2.52. The number of likely N-dealkylation sites (N-methyl/N-ethyl adjacent to an activating group) is 1. The maximum atomic E-state index is 11.1. The topological polar surface area (TPSA) is 83.9 Å². The average molecular weight is 279 g/mol. The molecule has 1 saturated heterocycles. The summed E-state index contributed by atoms with van der Waals surface area (Å²) in [5, 5.41) is 9.08. The van der Waals surface area contributed by atoms with Crippen molar-refractivity contribution < 1.29 is 23.1 Å². The molecule has 106 valence electrons. The van der Waals surface area contributed by atoms with Crippen LogP contribution in [0.15, 0.2) is 0 Å². The van der Waals surface area contributed by atoms with Gasteiger partial charge >= 0.3 is 5.97 Å². The number of rotatable bonds is 7. The zero-order chi connectivity index (χ0) is 13.8. The second kappa shape index (κ2) is 6.49. The molecule has 1 aliphatic heterocycles. The Labute approximate surface area is 108 Å². The first-order chi connectivity index (χ1) is 8.35. The van der Waals surface area contributed by atoms with Crippen molar-refractivity contribution in [2.75, 3.05) is 38.3 Å². The molecule has 0 saturated carbocycles. The zero-order valence-electron chi connectivity index (χ0n) is 10.8. The molecule has 1 rings (SSSR count). The number of carbonyl (C=O) groups is 1. The summed E-state index contributed by atoms with van der Waals surface area (Å²) >= 11 is 0. The van der Waals surface area contributed by atoms with Gasteiger partial charge in [0.2, 0.25) is 0 Å². The van der Waals surface area contributed by atoms with Crippen LogP contribution in [0.2, 0.25) is 0 Å². The summed E-state index contributed by atoms with van der Waals surface area (Å²) in [6.07, 6.45) is 1.73. The van der Waals surface area contributed by atoms with Gasteiger partial charge < -0.3 is 9.84 Å². The van der Waals surface area contributed by atoms with Gasteiger partial charge in [-0.25, -0.2) is 8.42 Å². The van der Waals surface area contributed by atoms with Crippen molar-refractivity contribution in [3.8, 4) is 0 Å². The Morgan fingerprint density at radius 3 is 2.61 bits per heavy atom. The van der Waals surface area contributed by atoms with E-state index in [1.807, 2.05) is 11.8 Å². The van der Waals surface area contributed by atoms with Crippen LogP contribution < -0.4 is 0 Å². The smallest absolute Gasteiger partial charge is 0.310 e. The summed E-state index contributed by atoms with van der Waals surface area (Å²) in [4.78, 5) is 13.1. The number of ether oxygens (including phenoxy) is 1. The second-order valence-electron chi connectivity index (χ2n) is 4.66. The van der Waals surface area contributed by atoms with E-state index in [0.717, 1.165) is 0 Å². The van der Waals surface area contributed by atoms with Crippen molar-refractivity contribution in [2.24, 2.45) is 5.92 Å². The summed E-state index contributed by atoms with van der Waals surface area (Å²) in [6.45, 7) is 3.87. The summed E-state index contributed by atoms with van der Waals surface area (Å²) in [5.74, 6) is -1.23. The first kappa shape index (κ1) is 15.4. The normalized spacial score (nSPS) is 24.6. The number of hydrogen-bond acceptors (Lipinski definition) is 5. The number of hydrogen-bond donors (Lipinski definition) is 1. The first-order valence-electron chi connectivity index (χ1n) is 6.07. The molecule has 0 aromatic heterocycles. The maximum absolute atomic E-state index is 11.1. The van der Waals surface area contributed by atoms with Crippen LogP contribution in [0.4, 0.5) is 0 Å². The monoisotopic (exact) mass is 279 g/mol. The Hall–Kier alpha value is -0.660. The van der Waals surface area contributed by atoms with E-state index in [0.29, 0.717) is 26.1 Å². The largest absolute Gasteiger partial charge is 0.481 e. The van der Waals surface area contributed by atoms with Crippen LogP contribution in [0.5, 0.6) is 0 Å². The third-order valence-electron chi connectivity index (χ3n) is 3.20. The van der Waals surface area contributed by atoms with Crippen LogP contribution in [0.3, 0.4) is 0 Å². The minimum atomic E-state index is -2.96. The molecule has 1 heterocycles. The van der Waals surface area contributed by atoms with Gasteiger partial charge in [-0.2, -0.15) is 0 Å². The molecule has 18 heavy (non-hydrogen) atoms. The summed E-state index contributed by atoms with van der Waals surface area (Å²) in [6, 6.07) is -0.146. The lowest BCUT2D eigenvalue weighted by Gasteiger charge is -2.28. The molecule has 2 unspecified atom stereocenters. The van der Waals surface area contributed by atoms with Crippen molar-refractivity contribution in [3.63, 3.8) is 0 Å². The van der Waals surface area contributed by atoms with Crippen molar-refractivity contribution in [1.29, 1.82) is 0 Å². The molecule has 0 aliphatic carbocycles. The number of carboxylic acids is 1. The molecule has 0 amide bonds. The third-order valence-corrected chi connectivity index (χ3v) is 4.23. The SMILES string of the molecule is CCN(CCCS(C)(=O)=O)C1COCC1C(=O)O. The quantitative estimate of drug-likeness (QED) is 0.697. The van der Waals surface area contributed by atoms with E-state index in [-0.39, 0.29) is 18.4 Å². The van der Waals surface area contributed by atoms with Gasteiger partial charge in [0.1, 0.15) is 9.84 Å². The molecule has 1 N–H and O–H groups in total. The van der Waals surface area contributed by atoms with E-state index in [1.165, 1.54) is 6.26 Å². The highest BCUT2D eigenvalue weighted by Gasteiger charge is 2.37. The Morgan fingerprint density at radius 1 is 1.44 bits per heavy atom. The minimum Gasteiger partial charge on any atom is -0.481 e. The fourth-order valence-corrected chi connectivity index (χ4v) is 2.88. The second-order valence-corrected chi connectivity index (χ2v) is 6.92. The predicted molar refractivity (Wildman–Crippen MR) is 67.3 cm³/mol. The van der Waals surface area contributed by atoms with Crippen LogP contribution in [-0.2, 0) is 19.4 Å². The van der Waals surface area contributed by atoms with Crippen molar-refractivity contribution in [3.05, 3.63) is 0 Å². The van der Waals surface area contributed by atoms with Gasteiger partial charge in [-0.15, -0.1) is 0 Å². The van der Waals surface area contributed by atoms with E-state index in [2.05, 4.69) is 0 Å². The van der Waals surface area contributed by atoms with Crippen molar-refractivity contribution >= 4 is 15.8 Å². The molecule has 0 aromatic rings. The molecular weight excluding hydrogens is 258 g/mol. The van der Waals surface area contributed by atoms with Crippen molar-refractivity contribution in [2.45, 2.75) is 19.4 Å². The van der Waals surface area contributed by atoms with E-state index in [9.17, 15) is 13.2 Å². The van der Waals surface area contributed by atoms with E-state index in [1.54, 1.807) is 0 Å². The van der Waals surface area contributed by atoms with E-state index < -0.39 is 21.7 Å². The van der Waals surface area contributed by atoms with Gasteiger partial charge in [0.15, 0.2) is 0 Å². The van der Waals surface area contributed by atoms with E-state index in [4.69, 9.17) is 9.84 Å². The molecule has 6 nitrogen and oxygen atoms in total. The third kappa shape index (κ3) is 4.55. The molecular formula is C11H21NO5S. The van der Waals surface area contributed by atoms with Crippen LogP contribution in [0.25, 0.3) is 0 Å². The fourth-order valence-electron chi connectivity index (χ4n) is 2.23. The molecule has 0 bridgehead atoms. The summed E-state index contributed by atoms with van der Waals surface area (Å²) in [5.41, 5.74) is 0. The molecule has 2 atom stereocenters. The summed E-state index contributed by atoms with van der Waals surface area (Å²) in [7, 11) is -2.96. The minimum absolute atomic E-state index is 0.134. The summed E-state index contributed by atoms with van der Waals surface area (Å²) < 4.78 is 27.3. The van der Waals surface area contributed by atoms with Gasteiger partial charge in [-0.05, 0) is 19.5 Å². The highest BCUT2D eigenvalue weighted by atomic mass is 32.2. The highest BCUT2D eigenvalue weighted by Crippen LogP contribution is 2.20. The average Bonchev–Trinajstić information content (AvgIpc) is 2.71. The van der Waals surface area contributed by atoms with Gasteiger partial charge in [0.05, 0.1) is 24.9 Å². The fraction of sp³-hybridized carbons (Fsp3) is 0.909. The standard InChI is InChI=1S/C11H21NO5S/c1-3-12(5-4-6-18(2,15)16)10-8-17-7-9(10)11(13)14/h9-10H,3-8H2,1-2H3,(H,13,14). The molecule has 0 radical (unpaired) electrons. The Morgan fingerprint density at radius 2 is 2.11 bits per heavy atom.